The maximum absolute atomic E-state index is 12.4. The first kappa shape index (κ1) is 21.4. The fourth-order valence-corrected chi connectivity index (χ4v) is 3.64. The highest BCUT2D eigenvalue weighted by atomic mass is 16.5. The largest absolute Gasteiger partial charge is 0.493 e. The van der Waals surface area contributed by atoms with Crippen LogP contribution in [0.3, 0.4) is 0 Å². The Labute approximate surface area is 187 Å². The molecule has 0 radical (unpaired) electrons. The zero-order chi connectivity index (χ0) is 22.3. The second-order valence-electron chi connectivity index (χ2n) is 7.51. The molecule has 4 rings (SSSR count). The molecule has 3 aromatic rings. The topological polar surface area (TPSA) is 76.7 Å². The molecule has 0 aliphatic carbocycles. The van der Waals surface area contributed by atoms with Crippen molar-refractivity contribution in [3.05, 3.63) is 83.4 Å². The lowest BCUT2D eigenvalue weighted by Gasteiger charge is -2.11. The van der Waals surface area contributed by atoms with Crippen LogP contribution >= 0.6 is 0 Å². The molecule has 164 valence electrons. The molecule has 3 aromatic carbocycles. The number of carbonyl (C=O) groups excluding carboxylic acids is 2. The zero-order valence-electron chi connectivity index (χ0n) is 18.0. The maximum atomic E-state index is 12.4. The molecule has 6 heteroatoms. The Morgan fingerprint density at radius 1 is 0.969 bits per heavy atom. The molecule has 0 unspecified atom stereocenters. The lowest BCUT2D eigenvalue weighted by Crippen LogP contribution is -2.36. The first-order valence-corrected chi connectivity index (χ1v) is 10.8. The smallest absolute Gasteiger partial charge is 0.255 e. The van der Waals surface area contributed by atoms with Crippen LogP contribution in [0, 0.1) is 0 Å². The third-order valence-electron chi connectivity index (χ3n) is 5.31. The second kappa shape index (κ2) is 10.0. The van der Waals surface area contributed by atoms with Gasteiger partial charge in [0, 0.05) is 13.0 Å². The molecule has 1 aliphatic rings. The van der Waals surface area contributed by atoms with Crippen molar-refractivity contribution in [3.63, 3.8) is 0 Å². The highest BCUT2D eigenvalue weighted by Crippen LogP contribution is 2.30. The summed E-state index contributed by atoms with van der Waals surface area (Å²) in [5.41, 5.74) is 4.91. The zero-order valence-corrected chi connectivity index (χ0v) is 18.0. The minimum absolute atomic E-state index is 0.103. The number of hydrogen-bond acceptors (Lipinski definition) is 4. The Morgan fingerprint density at radius 3 is 2.56 bits per heavy atom. The molecule has 2 N–H and O–H groups in total. The van der Waals surface area contributed by atoms with Crippen molar-refractivity contribution in [3.8, 4) is 22.6 Å². The van der Waals surface area contributed by atoms with Gasteiger partial charge in [0.2, 0.25) is 5.91 Å². The summed E-state index contributed by atoms with van der Waals surface area (Å²) in [6.07, 6.45) is 0.945. The van der Waals surface area contributed by atoms with Crippen molar-refractivity contribution < 1.29 is 19.1 Å². The highest BCUT2D eigenvalue weighted by molar-refractivity contribution is 5.98. The van der Waals surface area contributed by atoms with Crippen LogP contribution in [0.2, 0.25) is 0 Å². The standard InChI is InChI=1S/C26H26N2O4/c1-2-31-24-6-4-3-5-22(24)26(30)28-17-25(29)27-16-18-7-9-19(10-8-18)20-11-12-23-21(15-20)13-14-32-23/h3-12,15H,2,13-14,16-17H2,1H3,(H,27,29)(H,28,30). The van der Waals surface area contributed by atoms with Gasteiger partial charge in [-0.3, -0.25) is 9.59 Å². The Kier molecular flexibility index (Phi) is 6.70. The molecule has 0 saturated carbocycles. The minimum Gasteiger partial charge on any atom is -0.493 e. The van der Waals surface area contributed by atoms with E-state index in [2.05, 4.69) is 22.8 Å². The second-order valence-corrected chi connectivity index (χ2v) is 7.51. The van der Waals surface area contributed by atoms with E-state index in [9.17, 15) is 9.59 Å². The van der Waals surface area contributed by atoms with E-state index in [1.807, 2.05) is 37.3 Å². The van der Waals surface area contributed by atoms with Crippen LogP contribution in [0.25, 0.3) is 11.1 Å². The number of carbonyl (C=O) groups is 2. The average Bonchev–Trinajstić information content (AvgIpc) is 3.30. The fourth-order valence-electron chi connectivity index (χ4n) is 3.64. The van der Waals surface area contributed by atoms with Crippen molar-refractivity contribution in [1.82, 2.24) is 10.6 Å². The van der Waals surface area contributed by atoms with Gasteiger partial charge >= 0.3 is 0 Å². The molecule has 1 heterocycles. The van der Waals surface area contributed by atoms with Crippen LogP contribution in [-0.4, -0.2) is 31.6 Å². The number of rotatable bonds is 8. The van der Waals surface area contributed by atoms with Crippen LogP contribution in [0.1, 0.15) is 28.4 Å². The van der Waals surface area contributed by atoms with Gasteiger partial charge in [-0.05, 0) is 53.4 Å². The normalized spacial score (nSPS) is 11.9. The molecule has 1 aliphatic heterocycles. The van der Waals surface area contributed by atoms with Gasteiger partial charge in [0.1, 0.15) is 11.5 Å². The lowest BCUT2D eigenvalue weighted by atomic mass is 10.0. The quantitative estimate of drug-likeness (QED) is 0.571. The van der Waals surface area contributed by atoms with Gasteiger partial charge in [-0.1, -0.05) is 42.5 Å². The Hall–Kier alpha value is -3.80. The van der Waals surface area contributed by atoms with E-state index in [0.29, 0.717) is 24.5 Å². The van der Waals surface area contributed by atoms with Crippen molar-refractivity contribution in [2.24, 2.45) is 0 Å². The van der Waals surface area contributed by atoms with Gasteiger partial charge in [0.05, 0.1) is 25.3 Å². The molecule has 0 saturated heterocycles. The minimum atomic E-state index is -0.340. The van der Waals surface area contributed by atoms with E-state index in [-0.39, 0.29) is 18.4 Å². The summed E-state index contributed by atoms with van der Waals surface area (Å²) in [5.74, 6) is 0.883. The van der Waals surface area contributed by atoms with Crippen LogP contribution in [-0.2, 0) is 17.8 Å². The highest BCUT2D eigenvalue weighted by Gasteiger charge is 2.14. The van der Waals surface area contributed by atoms with Crippen molar-refractivity contribution >= 4 is 11.8 Å². The average molecular weight is 431 g/mol. The van der Waals surface area contributed by atoms with Gasteiger partial charge < -0.3 is 20.1 Å². The lowest BCUT2D eigenvalue weighted by molar-refractivity contribution is -0.120. The van der Waals surface area contributed by atoms with Crippen molar-refractivity contribution in [2.75, 3.05) is 19.8 Å². The van der Waals surface area contributed by atoms with Gasteiger partial charge in [-0.25, -0.2) is 0 Å². The van der Waals surface area contributed by atoms with E-state index < -0.39 is 0 Å². The van der Waals surface area contributed by atoms with Crippen molar-refractivity contribution in [1.29, 1.82) is 0 Å². The molecular weight excluding hydrogens is 404 g/mol. The summed E-state index contributed by atoms with van der Waals surface area (Å²) in [6, 6.07) is 21.3. The predicted molar refractivity (Wildman–Crippen MR) is 123 cm³/mol. The monoisotopic (exact) mass is 430 g/mol. The number of fused-ring (bicyclic) bond motifs is 1. The Bertz CT molecular complexity index is 1110. The maximum Gasteiger partial charge on any atom is 0.255 e. The number of amides is 2. The van der Waals surface area contributed by atoms with Crippen LogP contribution in [0.5, 0.6) is 11.5 Å². The summed E-state index contributed by atoms with van der Waals surface area (Å²) >= 11 is 0. The van der Waals surface area contributed by atoms with E-state index >= 15 is 0 Å². The van der Waals surface area contributed by atoms with Gasteiger partial charge in [0.15, 0.2) is 0 Å². The number of ether oxygens (including phenoxy) is 2. The summed E-state index contributed by atoms with van der Waals surface area (Å²) in [7, 11) is 0. The molecule has 0 aromatic heterocycles. The van der Waals surface area contributed by atoms with E-state index in [1.165, 1.54) is 5.56 Å². The first-order chi connectivity index (χ1) is 15.6. The molecule has 6 nitrogen and oxygen atoms in total. The summed E-state index contributed by atoms with van der Waals surface area (Å²) in [5, 5.41) is 5.48. The molecule has 0 bridgehead atoms. The number of nitrogens with one attached hydrogen (secondary N) is 2. The van der Waals surface area contributed by atoms with Gasteiger partial charge in [0.25, 0.3) is 5.91 Å². The summed E-state index contributed by atoms with van der Waals surface area (Å²) < 4.78 is 11.0. The number of hydrogen-bond donors (Lipinski definition) is 2. The van der Waals surface area contributed by atoms with Crippen molar-refractivity contribution in [2.45, 2.75) is 19.9 Å². The van der Waals surface area contributed by atoms with E-state index in [4.69, 9.17) is 9.47 Å². The Morgan fingerprint density at radius 2 is 1.75 bits per heavy atom. The molecule has 2 amide bonds. The molecular formula is C26H26N2O4. The van der Waals surface area contributed by atoms with Gasteiger partial charge in [-0.2, -0.15) is 0 Å². The SMILES string of the molecule is CCOc1ccccc1C(=O)NCC(=O)NCc1ccc(-c2ccc3c(c2)CCO3)cc1. The van der Waals surface area contributed by atoms with Crippen LogP contribution in [0.4, 0.5) is 0 Å². The summed E-state index contributed by atoms with van der Waals surface area (Å²) in [6.45, 7) is 3.36. The molecule has 32 heavy (non-hydrogen) atoms. The third kappa shape index (κ3) is 5.09. The summed E-state index contributed by atoms with van der Waals surface area (Å²) in [4.78, 5) is 24.6. The van der Waals surface area contributed by atoms with Crippen LogP contribution < -0.4 is 20.1 Å². The molecule has 0 spiro atoms. The Balaban J connectivity index is 1.27. The first-order valence-electron chi connectivity index (χ1n) is 10.8. The van der Waals surface area contributed by atoms with E-state index in [0.717, 1.165) is 35.5 Å². The van der Waals surface area contributed by atoms with Crippen LogP contribution in [0.15, 0.2) is 66.7 Å². The number of benzene rings is 3. The molecule has 0 atom stereocenters. The third-order valence-corrected chi connectivity index (χ3v) is 5.31. The molecule has 0 fully saturated rings. The van der Waals surface area contributed by atoms with E-state index in [1.54, 1.807) is 24.3 Å². The number of para-hydroxylation sites is 1. The van der Waals surface area contributed by atoms with Gasteiger partial charge in [-0.15, -0.1) is 0 Å². The predicted octanol–water partition coefficient (Wildman–Crippen LogP) is 3.73. The fraction of sp³-hybridized carbons (Fsp3) is 0.231.